The first-order valence-electron chi connectivity index (χ1n) is 12.2. The molecule has 2 aromatic rings. The highest BCUT2D eigenvalue weighted by molar-refractivity contribution is 5.84. The van der Waals surface area contributed by atoms with Crippen molar-refractivity contribution in [2.24, 2.45) is 0 Å². The first-order chi connectivity index (χ1) is 16.1. The lowest BCUT2D eigenvalue weighted by molar-refractivity contribution is -0.160. The molecule has 1 aliphatic rings. The zero-order chi connectivity index (χ0) is 26.3. The van der Waals surface area contributed by atoms with Crippen LogP contribution >= 0.6 is 0 Å². The van der Waals surface area contributed by atoms with E-state index < -0.39 is 23.3 Å². The van der Waals surface area contributed by atoms with Gasteiger partial charge in [0.1, 0.15) is 5.60 Å². The molecule has 0 aromatic heterocycles. The smallest absolute Gasteiger partial charge is 0.410 e. The summed E-state index contributed by atoms with van der Waals surface area (Å²) >= 11 is 0. The summed E-state index contributed by atoms with van der Waals surface area (Å²) in [6, 6.07) is 8.16. The molecule has 1 heterocycles. The molecule has 3 rings (SSSR count). The van der Waals surface area contributed by atoms with Gasteiger partial charge in [0, 0.05) is 18.7 Å². The minimum atomic E-state index is -1.15. The molecule has 1 amide bonds. The van der Waals surface area contributed by atoms with Gasteiger partial charge in [0.2, 0.25) is 0 Å². The van der Waals surface area contributed by atoms with Gasteiger partial charge in [-0.05, 0) is 102 Å². The van der Waals surface area contributed by atoms with E-state index in [9.17, 15) is 14.7 Å². The summed E-state index contributed by atoms with van der Waals surface area (Å²) in [5.74, 6) is -1.03. The van der Waals surface area contributed by atoms with Gasteiger partial charge in [-0.25, -0.2) is 9.59 Å². The van der Waals surface area contributed by atoms with Crippen LogP contribution in [-0.2, 0) is 27.2 Å². The van der Waals surface area contributed by atoms with Crippen LogP contribution in [0.4, 0.5) is 4.79 Å². The molecule has 0 fully saturated rings. The van der Waals surface area contributed by atoms with Crippen LogP contribution in [0.2, 0.25) is 0 Å². The predicted molar refractivity (Wildman–Crippen MR) is 138 cm³/mol. The number of amides is 1. The van der Waals surface area contributed by atoms with E-state index in [1.54, 1.807) is 4.90 Å². The third-order valence-electron chi connectivity index (χ3n) is 6.25. The Hall–Kier alpha value is -2.86. The summed E-state index contributed by atoms with van der Waals surface area (Å²) in [5.41, 5.74) is 6.45. The Labute approximate surface area is 209 Å². The molecule has 6 nitrogen and oxygen atoms in total. The van der Waals surface area contributed by atoms with Crippen molar-refractivity contribution >= 4 is 12.1 Å². The molecule has 1 aliphatic heterocycles. The minimum Gasteiger partial charge on any atom is -0.479 e. The number of aryl methyl sites for hydroxylation is 1. The molecule has 35 heavy (non-hydrogen) atoms. The fourth-order valence-electron chi connectivity index (χ4n) is 4.71. The highest BCUT2D eigenvalue weighted by atomic mass is 16.6. The maximum Gasteiger partial charge on any atom is 0.410 e. The normalized spacial score (nSPS) is 14.9. The number of carboxylic acids is 1. The van der Waals surface area contributed by atoms with Crippen molar-refractivity contribution in [3.63, 3.8) is 0 Å². The van der Waals surface area contributed by atoms with Crippen LogP contribution in [-0.4, -0.2) is 39.8 Å². The van der Waals surface area contributed by atoms with Crippen LogP contribution in [0.3, 0.4) is 0 Å². The number of benzene rings is 2. The minimum absolute atomic E-state index is 0.356. The zero-order valence-corrected chi connectivity index (χ0v) is 22.5. The second-order valence-corrected chi connectivity index (χ2v) is 11.5. The Balaban J connectivity index is 2.23. The van der Waals surface area contributed by atoms with E-state index in [0.29, 0.717) is 25.1 Å². The number of ether oxygens (including phenoxy) is 2. The SMILES string of the molecule is Cc1ccc(-c2c(C)c3c(c(C)c2C(OC(C)(C)C)C(=O)O)CN(C(=O)OC(C)(C)C)CC3)cc1. The van der Waals surface area contributed by atoms with Crippen molar-refractivity contribution in [2.75, 3.05) is 6.54 Å². The van der Waals surface area contributed by atoms with Gasteiger partial charge in [-0.1, -0.05) is 29.8 Å². The molecule has 0 saturated carbocycles. The number of carboxylic acid groups (broad SMARTS) is 1. The molecule has 0 radical (unpaired) electrons. The Bertz CT molecular complexity index is 1120. The number of rotatable bonds is 4. The molecular weight excluding hydrogens is 442 g/mol. The van der Waals surface area contributed by atoms with Crippen molar-refractivity contribution < 1.29 is 24.2 Å². The number of hydrogen-bond acceptors (Lipinski definition) is 4. The Morgan fingerprint density at radius 3 is 2.03 bits per heavy atom. The van der Waals surface area contributed by atoms with Crippen LogP contribution in [0.1, 0.15) is 81.0 Å². The Kier molecular flexibility index (Phi) is 7.37. The van der Waals surface area contributed by atoms with E-state index in [-0.39, 0.29) is 6.09 Å². The topological polar surface area (TPSA) is 76.1 Å². The Morgan fingerprint density at radius 2 is 1.51 bits per heavy atom. The second-order valence-electron chi connectivity index (χ2n) is 11.5. The molecule has 190 valence electrons. The summed E-state index contributed by atoms with van der Waals surface area (Å²) in [5, 5.41) is 10.3. The largest absolute Gasteiger partial charge is 0.479 e. The van der Waals surface area contributed by atoms with Gasteiger partial charge in [-0.15, -0.1) is 0 Å². The third kappa shape index (κ3) is 6.04. The lowest BCUT2D eigenvalue weighted by atomic mass is 9.80. The monoisotopic (exact) mass is 481 g/mol. The van der Waals surface area contributed by atoms with Gasteiger partial charge in [0.25, 0.3) is 0 Å². The third-order valence-corrected chi connectivity index (χ3v) is 6.25. The van der Waals surface area contributed by atoms with E-state index in [2.05, 4.69) is 6.92 Å². The maximum atomic E-state index is 12.8. The molecule has 0 saturated heterocycles. The first-order valence-corrected chi connectivity index (χ1v) is 12.2. The van der Waals surface area contributed by atoms with Gasteiger partial charge in [-0.2, -0.15) is 0 Å². The van der Waals surface area contributed by atoms with Crippen LogP contribution in [0.15, 0.2) is 24.3 Å². The molecule has 0 spiro atoms. The molecule has 6 heteroatoms. The van der Waals surface area contributed by atoms with Crippen LogP contribution < -0.4 is 0 Å². The van der Waals surface area contributed by atoms with E-state index in [1.165, 1.54) is 5.56 Å². The standard InChI is InChI=1S/C29H39NO5/c1-17-10-12-20(13-11-17)23-18(2)21-14-15-30(27(33)35-29(7,8)9)16-22(21)19(3)24(23)25(26(31)32)34-28(4,5)6/h10-13,25H,14-16H2,1-9H3,(H,31,32). The van der Waals surface area contributed by atoms with Crippen molar-refractivity contribution in [2.45, 2.75) is 92.6 Å². The summed E-state index contributed by atoms with van der Waals surface area (Å²) in [6.07, 6.45) is -0.824. The van der Waals surface area contributed by atoms with Gasteiger partial charge < -0.3 is 19.5 Å². The maximum absolute atomic E-state index is 12.8. The average molecular weight is 482 g/mol. The average Bonchev–Trinajstić information content (AvgIpc) is 2.73. The van der Waals surface area contributed by atoms with Crippen LogP contribution in [0, 0.1) is 20.8 Å². The van der Waals surface area contributed by atoms with Crippen LogP contribution in [0.5, 0.6) is 0 Å². The molecular formula is C29H39NO5. The summed E-state index contributed by atoms with van der Waals surface area (Å²) in [6.45, 7) is 18.1. The van der Waals surface area contributed by atoms with Crippen LogP contribution in [0.25, 0.3) is 11.1 Å². The molecule has 0 bridgehead atoms. The Morgan fingerprint density at radius 1 is 0.914 bits per heavy atom. The number of fused-ring (bicyclic) bond motifs is 1. The first kappa shape index (κ1) is 26.7. The molecule has 0 aliphatic carbocycles. The van der Waals surface area contributed by atoms with Crippen molar-refractivity contribution in [1.82, 2.24) is 4.90 Å². The molecule has 2 aromatic carbocycles. The van der Waals surface area contributed by atoms with E-state index in [0.717, 1.165) is 33.4 Å². The predicted octanol–water partition coefficient (Wildman–Crippen LogP) is 6.51. The van der Waals surface area contributed by atoms with Gasteiger partial charge >= 0.3 is 12.1 Å². The molecule has 1 N–H and O–H groups in total. The zero-order valence-electron chi connectivity index (χ0n) is 22.5. The second kappa shape index (κ2) is 9.65. The molecule has 1 atom stereocenters. The quantitative estimate of drug-likeness (QED) is 0.538. The van der Waals surface area contributed by atoms with Crippen molar-refractivity contribution in [3.8, 4) is 11.1 Å². The van der Waals surface area contributed by atoms with Gasteiger partial charge in [-0.3, -0.25) is 0 Å². The van der Waals surface area contributed by atoms with E-state index in [1.807, 2.05) is 79.7 Å². The highest BCUT2D eigenvalue weighted by Crippen LogP contribution is 2.42. The number of carbonyl (C=O) groups is 2. The fraction of sp³-hybridized carbons (Fsp3) is 0.517. The number of nitrogens with zero attached hydrogens (tertiary/aromatic N) is 1. The van der Waals surface area contributed by atoms with Crippen molar-refractivity contribution in [1.29, 1.82) is 0 Å². The lowest BCUT2D eigenvalue weighted by Crippen LogP contribution is -2.40. The summed E-state index contributed by atoms with van der Waals surface area (Å²) in [4.78, 5) is 27.1. The summed E-state index contributed by atoms with van der Waals surface area (Å²) < 4.78 is 11.7. The molecule has 1 unspecified atom stereocenters. The number of carbonyl (C=O) groups excluding carboxylic acids is 1. The van der Waals surface area contributed by atoms with E-state index in [4.69, 9.17) is 9.47 Å². The van der Waals surface area contributed by atoms with E-state index >= 15 is 0 Å². The van der Waals surface area contributed by atoms with Gasteiger partial charge in [0.05, 0.1) is 5.60 Å². The summed E-state index contributed by atoms with van der Waals surface area (Å²) in [7, 11) is 0. The lowest BCUT2D eigenvalue weighted by Gasteiger charge is -2.36. The number of hydrogen-bond donors (Lipinski definition) is 1. The van der Waals surface area contributed by atoms with Gasteiger partial charge in [0.15, 0.2) is 6.10 Å². The highest BCUT2D eigenvalue weighted by Gasteiger charge is 2.35. The fourth-order valence-corrected chi connectivity index (χ4v) is 4.71. The number of aliphatic carboxylic acids is 1. The van der Waals surface area contributed by atoms with Crippen molar-refractivity contribution in [3.05, 3.63) is 57.6 Å².